The molecule has 148 valence electrons. The highest BCUT2D eigenvalue weighted by Gasteiger charge is 2.18. The van der Waals surface area contributed by atoms with Gasteiger partial charge in [-0.1, -0.05) is 55.5 Å². The second-order valence-electron chi connectivity index (χ2n) is 6.77. The number of amides is 1. The molecule has 0 saturated heterocycles. The van der Waals surface area contributed by atoms with Gasteiger partial charge >= 0.3 is 0 Å². The van der Waals surface area contributed by atoms with E-state index >= 15 is 0 Å². The number of hydrogen-bond donors (Lipinski definition) is 1. The summed E-state index contributed by atoms with van der Waals surface area (Å²) in [7, 11) is 1.68. The number of para-hydroxylation sites is 1. The Balaban J connectivity index is 0.00000364. The van der Waals surface area contributed by atoms with E-state index in [9.17, 15) is 4.79 Å². The minimum Gasteiger partial charge on any atom is -0.496 e. The van der Waals surface area contributed by atoms with Gasteiger partial charge in [-0.05, 0) is 42.5 Å². The first-order valence-corrected chi connectivity index (χ1v) is 9.27. The van der Waals surface area contributed by atoms with E-state index in [0.717, 1.165) is 29.7 Å². The van der Waals surface area contributed by atoms with Gasteiger partial charge in [-0.15, -0.1) is 12.4 Å². The summed E-state index contributed by atoms with van der Waals surface area (Å²) < 4.78 is 5.42. The first kappa shape index (κ1) is 23.0. The maximum Gasteiger partial charge on any atom is 0.223 e. The quantitative estimate of drug-likeness (QED) is 0.665. The highest BCUT2D eigenvalue weighted by molar-refractivity contribution is 5.85. The van der Waals surface area contributed by atoms with Crippen LogP contribution in [-0.4, -0.2) is 31.0 Å². The summed E-state index contributed by atoms with van der Waals surface area (Å²) in [4.78, 5) is 14.8. The van der Waals surface area contributed by atoms with E-state index in [1.807, 2.05) is 41.3 Å². The van der Waals surface area contributed by atoms with Crippen LogP contribution in [0.3, 0.4) is 0 Å². The van der Waals surface area contributed by atoms with Crippen molar-refractivity contribution in [3.05, 3.63) is 65.7 Å². The van der Waals surface area contributed by atoms with E-state index in [-0.39, 0.29) is 24.2 Å². The minimum atomic E-state index is 0. The first-order chi connectivity index (χ1) is 12.6. The number of hydrogen-bond acceptors (Lipinski definition) is 3. The van der Waals surface area contributed by atoms with Gasteiger partial charge < -0.3 is 15.4 Å². The summed E-state index contributed by atoms with van der Waals surface area (Å²) in [5.74, 6) is 1.32. The highest BCUT2D eigenvalue weighted by atomic mass is 35.5. The molecular formula is C22H31ClN2O2. The standard InChI is InChI=1S/C22H30N2O2.ClH/c1-18(15-20-11-6-7-12-21(20)26-2)16-22(25)24(14-8-13-23)17-19-9-4-3-5-10-19;/h3-7,9-12,18H,8,13-17,23H2,1-2H3;1H. The minimum absolute atomic E-state index is 0. The summed E-state index contributed by atoms with van der Waals surface area (Å²) in [6.07, 6.45) is 2.17. The van der Waals surface area contributed by atoms with Crippen LogP contribution < -0.4 is 10.5 Å². The van der Waals surface area contributed by atoms with Gasteiger partial charge in [-0.25, -0.2) is 0 Å². The summed E-state index contributed by atoms with van der Waals surface area (Å²) in [5, 5.41) is 0. The number of rotatable bonds is 10. The SMILES string of the molecule is COc1ccccc1CC(C)CC(=O)N(CCCN)Cc1ccccc1.Cl. The normalized spacial score (nSPS) is 11.4. The fraction of sp³-hybridized carbons (Fsp3) is 0.409. The van der Waals surface area contributed by atoms with Crippen LogP contribution in [0.25, 0.3) is 0 Å². The first-order valence-electron chi connectivity index (χ1n) is 9.27. The van der Waals surface area contributed by atoms with Gasteiger partial charge in [0.25, 0.3) is 0 Å². The van der Waals surface area contributed by atoms with Crippen molar-refractivity contribution in [1.29, 1.82) is 0 Å². The van der Waals surface area contributed by atoms with Gasteiger partial charge in [0.2, 0.25) is 5.91 Å². The van der Waals surface area contributed by atoms with Crippen LogP contribution in [0.15, 0.2) is 54.6 Å². The third-order valence-electron chi connectivity index (χ3n) is 4.49. The lowest BCUT2D eigenvalue weighted by Gasteiger charge is -2.24. The Labute approximate surface area is 169 Å². The molecule has 2 aromatic carbocycles. The van der Waals surface area contributed by atoms with E-state index in [4.69, 9.17) is 10.5 Å². The van der Waals surface area contributed by atoms with Crippen molar-refractivity contribution >= 4 is 18.3 Å². The average Bonchev–Trinajstić information content (AvgIpc) is 2.66. The van der Waals surface area contributed by atoms with E-state index < -0.39 is 0 Å². The molecule has 0 aliphatic carbocycles. The van der Waals surface area contributed by atoms with Crippen molar-refractivity contribution in [2.24, 2.45) is 11.7 Å². The van der Waals surface area contributed by atoms with E-state index in [1.165, 1.54) is 0 Å². The van der Waals surface area contributed by atoms with E-state index in [1.54, 1.807) is 7.11 Å². The number of methoxy groups -OCH3 is 1. The molecule has 0 aromatic heterocycles. The molecular weight excluding hydrogens is 360 g/mol. The fourth-order valence-electron chi connectivity index (χ4n) is 3.12. The highest BCUT2D eigenvalue weighted by Crippen LogP contribution is 2.22. The number of nitrogens with zero attached hydrogens (tertiary/aromatic N) is 1. The monoisotopic (exact) mass is 390 g/mol. The predicted octanol–water partition coefficient (Wildman–Crippen LogP) is 4.06. The fourth-order valence-corrected chi connectivity index (χ4v) is 3.12. The second-order valence-corrected chi connectivity index (χ2v) is 6.77. The molecule has 27 heavy (non-hydrogen) atoms. The van der Waals surface area contributed by atoms with Crippen molar-refractivity contribution in [3.8, 4) is 5.75 Å². The second kappa shape index (κ2) is 12.4. The number of benzene rings is 2. The van der Waals surface area contributed by atoms with Crippen LogP contribution in [0, 0.1) is 5.92 Å². The van der Waals surface area contributed by atoms with Crippen LogP contribution in [-0.2, 0) is 17.8 Å². The molecule has 0 bridgehead atoms. The van der Waals surface area contributed by atoms with E-state index in [0.29, 0.717) is 26.1 Å². The molecule has 0 saturated carbocycles. The van der Waals surface area contributed by atoms with E-state index in [2.05, 4.69) is 25.1 Å². The number of carbonyl (C=O) groups excluding carboxylic acids is 1. The number of halogens is 1. The van der Waals surface area contributed by atoms with Crippen LogP contribution in [0.4, 0.5) is 0 Å². The Bertz CT molecular complexity index is 679. The number of nitrogens with two attached hydrogens (primary N) is 1. The predicted molar refractivity (Wildman–Crippen MR) is 113 cm³/mol. The lowest BCUT2D eigenvalue weighted by atomic mass is 9.96. The molecule has 0 fully saturated rings. The summed E-state index contributed by atoms with van der Waals surface area (Å²) in [5.41, 5.74) is 7.95. The summed E-state index contributed by atoms with van der Waals surface area (Å²) in [6, 6.07) is 18.1. The smallest absolute Gasteiger partial charge is 0.223 e. The number of ether oxygens (including phenoxy) is 1. The zero-order chi connectivity index (χ0) is 18.8. The molecule has 0 spiro atoms. The van der Waals surface area contributed by atoms with Crippen molar-refractivity contribution in [3.63, 3.8) is 0 Å². The molecule has 2 rings (SSSR count). The third kappa shape index (κ3) is 7.61. The largest absolute Gasteiger partial charge is 0.496 e. The molecule has 1 unspecified atom stereocenters. The van der Waals surface area contributed by atoms with Crippen LogP contribution in [0.5, 0.6) is 5.75 Å². The Morgan fingerprint density at radius 1 is 1.11 bits per heavy atom. The molecule has 4 nitrogen and oxygen atoms in total. The molecule has 2 N–H and O–H groups in total. The average molecular weight is 391 g/mol. The topological polar surface area (TPSA) is 55.6 Å². The lowest BCUT2D eigenvalue weighted by molar-refractivity contribution is -0.132. The van der Waals surface area contributed by atoms with Gasteiger partial charge in [0.1, 0.15) is 5.75 Å². The number of carbonyl (C=O) groups is 1. The summed E-state index contributed by atoms with van der Waals surface area (Å²) >= 11 is 0. The van der Waals surface area contributed by atoms with Gasteiger partial charge in [0.15, 0.2) is 0 Å². The Morgan fingerprint density at radius 3 is 2.44 bits per heavy atom. The Morgan fingerprint density at radius 2 is 1.78 bits per heavy atom. The van der Waals surface area contributed by atoms with Crippen LogP contribution in [0.2, 0.25) is 0 Å². The van der Waals surface area contributed by atoms with Gasteiger partial charge in [-0.3, -0.25) is 4.79 Å². The molecule has 0 radical (unpaired) electrons. The lowest BCUT2D eigenvalue weighted by Crippen LogP contribution is -2.33. The Kier molecular flexibility index (Phi) is 10.5. The van der Waals surface area contributed by atoms with Gasteiger partial charge in [0, 0.05) is 19.5 Å². The maximum absolute atomic E-state index is 12.9. The molecule has 5 heteroatoms. The molecule has 0 aliphatic rings. The van der Waals surface area contributed by atoms with Crippen LogP contribution in [0.1, 0.15) is 30.9 Å². The van der Waals surface area contributed by atoms with Crippen molar-refractivity contribution in [2.45, 2.75) is 32.7 Å². The van der Waals surface area contributed by atoms with Gasteiger partial charge in [-0.2, -0.15) is 0 Å². The Hall–Kier alpha value is -2.04. The maximum atomic E-state index is 12.9. The zero-order valence-electron chi connectivity index (χ0n) is 16.3. The summed E-state index contributed by atoms with van der Waals surface area (Å²) in [6.45, 7) is 4.05. The molecule has 2 aromatic rings. The van der Waals surface area contributed by atoms with Crippen molar-refractivity contribution in [1.82, 2.24) is 4.90 Å². The van der Waals surface area contributed by atoms with Crippen molar-refractivity contribution in [2.75, 3.05) is 20.2 Å². The molecule has 0 heterocycles. The van der Waals surface area contributed by atoms with Crippen molar-refractivity contribution < 1.29 is 9.53 Å². The molecule has 1 amide bonds. The molecule has 1 atom stereocenters. The van der Waals surface area contributed by atoms with Gasteiger partial charge in [0.05, 0.1) is 7.11 Å². The van der Waals surface area contributed by atoms with Crippen LogP contribution >= 0.6 is 12.4 Å². The molecule has 0 aliphatic heterocycles. The zero-order valence-corrected chi connectivity index (χ0v) is 17.1. The third-order valence-corrected chi connectivity index (χ3v) is 4.49.